The summed E-state index contributed by atoms with van der Waals surface area (Å²) in [6.07, 6.45) is 0.821. The molecule has 0 aromatic heterocycles. The third-order valence-corrected chi connectivity index (χ3v) is 2.91. The molecule has 16 heavy (non-hydrogen) atoms. The largest absolute Gasteiger partial charge is 0.491 e. The highest BCUT2D eigenvalue weighted by molar-refractivity contribution is 5.84. The topological polar surface area (TPSA) is 46.5 Å². The zero-order valence-corrected chi connectivity index (χ0v) is 8.59. The number of carbonyl (C=O) groups is 1. The molecular formula is C11H10F2O3. The summed E-state index contributed by atoms with van der Waals surface area (Å²) in [7, 11) is 1.16. The molecular weight excluding hydrogens is 218 g/mol. The van der Waals surface area contributed by atoms with Gasteiger partial charge in [-0.1, -0.05) is 0 Å². The molecule has 0 atom stereocenters. The smallest absolute Gasteiger partial charge is 0.314 e. The van der Waals surface area contributed by atoms with E-state index >= 15 is 0 Å². The summed E-state index contributed by atoms with van der Waals surface area (Å²) in [6, 6.07) is 2.06. The number of rotatable bonds is 3. The minimum atomic E-state index is -1.10. The first-order valence-electron chi connectivity index (χ1n) is 4.78. The summed E-state index contributed by atoms with van der Waals surface area (Å²) in [4.78, 5) is 11.0. The van der Waals surface area contributed by atoms with Crippen LogP contribution in [0.3, 0.4) is 0 Å². The number of carboxylic acids is 1. The van der Waals surface area contributed by atoms with Crippen molar-refractivity contribution in [2.24, 2.45) is 0 Å². The average molecular weight is 228 g/mol. The summed E-state index contributed by atoms with van der Waals surface area (Å²) in [5.41, 5.74) is -0.940. The second-order valence-corrected chi connectivity index (χ2v) is 3.86. The van der Waals surface area contributed by atoms with Crippen molar-refractivity contribution >= 4 is 5.97 Å². The van der Waals surface area contributed by atoms with Gasteiger partial charge in [0, 0.05) is 0 Å². The van der Waals surface area contributed by atoms with Gasteiger partial charge in [0.15, 0.2) is 17.4 Å². The van der Waals surface area contributed by atoms with Gasteiger partial charge in [-0.3, -0.25) is 4.79 Å². The number of methoxy groups -OCH3 is 1. The Labute approximate surface area is 90.7 Å². The van der Waals surface area contributed by atoms with Crippen molar-refractivity contribution in [2.45, 2.75) is 18.3 Å². The van der Waals surface area contributed by atoms with Crippen molar-refractivity contribution < 1.29 is 23.4 Å². The molecule has 5 heteroatoms. The monoisotopic (exact) mass is 228 g/mol. The van der Waals surface area contributed by atoms with Gasteiger partial charge in [-0.2, -0.15) is 0 Å². The molecule has 0 radical (unpaired) electrons. The molecule has 86 valence electrons. The molecule has 2 rings (SSSR count). The van der Waals surface area contributed by atoms with E-state index in [1.165, 1.54) is 0 Å². The zero-order chi connectivity index (χ0) is 11.9. The van der Waals surface area contributed by atoms with Crippen molar-refractivity contribution in [3.05, 3.63) is 29.3 Å². The van der Waals surface area contributed by atoms with Gasteiger partial charge in [-0.05, 0) is 30.5 Å². The summed E-state index contributed by atoms with van der Waals surface area (Å²) >= 11 is 0. The van der Waals surface area contributed by atoms with Gasteiger partial charge in [-0.25, -0.2) is 8.78 Å². The number of hydrogen-bond donors (Lipinski definition) is 1. The zero-order valence-electron chi connectivity index (χ0n) is 8.59. The molecule has 0 bridgehead atoms. The van der Waals surface area contributed by atoms with Crippen molar-refractivity contribution in [3.8, 4) is 5.75 Å². The van der Waals surface area contributed by atoms with E-state index in [9.17, 15) is 13.6 Å². The van der Waals surface area contributed by atoms with Crippen molar-refractivity contribution in [1.29, 1.82) is 0 Å². The van der Waals surface area contributed by atoms with Gasteiger partial charge >= 0.3 is 5.97 Å². The fraction of sp³-hybridized carbons (Fsp3) is 0.364. The summed E-state index contributed by atoms with van der Waals surface area (Å²) < 4.78 is 31.3. The lowest BCUT2D eigenvalue weighted by Gasteiger charge is -2.12. The van der Waals surface area contributed by atoms with Crippen LogP contribution in [-0.2, 0) is 10.2 Å². The Bertz CT molecular complexity index is 430. The maximum Gasteiger partial charge on any atom is 0.314 e. The third-order valence-electron chi connectivity index (χ3n) is 2.91. The molecule has 1 aliphatic rings. The molecule has 0 amide bonds. The van der Waals surface area contributed by atoms with Gasteiger partial charge in [0.2, 0.25) is 0 Å². The van der Waals surface area contributed by atoms with Gasteiger partial charge in [0.05, 0.1) is 12.5 Å². The minimum absolute atomic E-state index is 0.163. The fourth-order valence-electron chi connectivity index (χ4n) is 1.78. The first-order valence-corrected chi connectivity index (χ1v) is 4.78. The Morgan fingerprint density at radius 2 is 1.88 bits per heavy atom. The molecule has 1 aromatic carbocycles. The highest BCUT2D eigenvalue weighted by Gasteiger charge is 2.52. The van der Waals surface area contributed by atoms with Crippen LogP contribution in [0.25, 0.3) is 0 Å². The van der Waals surface area contributed by atoms with Crippen LogP contribution in [-0.4, -0.2) is 18.2 Å². The number of halogens is 2. The van der Waals surface area contributed by atoms with Gasteiger partial charge < -0.3 is 9.84 Å². The Kier molecular flexibility index (Phi) is 2.33. The first-order chi connectivity index (χ1) is 7.51. The van der Waals surface area contributed by atoms with E-state index < -0.39 is 28.8 Å². The second kappa shape index (κ2) is 3.43. The minimum Gasteiger partial charge on any atom is -0.491 e. The number of ether oxygens (including phenoxy) is 1. The lowest BCUT2D eigenvalue weighted by Crippen LogP contribution is -2.20. The normalized spacial score (nSPS) is 16.9. The maximum atomic E-state index is 13.4. The maximum absolute atomic E-state index is 13.4. The first kappa shape index (κ1) is 10.9. The number of hydrogen-bond acceptors (Lipinski definition) is 2. The van der Waals surface area contributed by atoms with Crippen molar-refractivity contribution in [2.75, 3.05) is 7.11 Å². The van der Waals surface area contributed by atoms with Gasteiger partial charge in [0.25, 0.3) is 0 Å². The average Bonchev–Trinajstić information content (AvgIpc) is 2.97. The summed E-state index contributed by atoms with van der Waals surface area (Å²) in [6.45, 7) is 0. The Morgan fingerprint density at radius 1 is 1.38 bits per heavy atom. The van der Waals surface area contributed by atoms with Crippen LogP contribution >= 0.6 is 0 Å². The van der Waals surface area contributed by atoms with Crippen LogP contribution in [0, 0.1) is 11.6 Å². The standard InChI is InChI=1S/C11H10F2O3/c1-16-9-7(12)4-6(5-8(9)13)11(2-3-11)10(14)15/h4-5H,2-3H2,1H3,(H,14,15). The van der Waals surface area contributed by atoms with E-state index in [1.54, 1.807) is 0 Å². The molecule has 1 saturated carbocycles. The third kappa shape index (κ3) is 1.43. The number of benzene rings is 1. The van der Waals surface area contributed by atoms with Crippen molar-refractivity contribution in [3.63, 3.8) is 0 Å². The molecule has 3 nitrogen and oxygen atoms in total. The van der Waals surface area contributed by atoms with E-state index in [1.807, 2.05) is 0 Å². The predicted molar refractivity (Wildman–Crippen MR) is 51.5 cm³/mol. The molecule has 1 aliphatic carbocycles. The number of aliphatic carboxylic acids is 1. The Morgan fingerprint density at radius 3 is 2.19 bits per heavy atom. The quantitative estimate of drug-likeness (QED) is 0.861. The van der Waals surface area contributed by atoms with E-state index in [0.717, 1.165) is 19.2 Å². The fourth-order valence-corrected chi connectivity index (χ4v) is 1.78. The van der Waals surface area contributed by atoms with Crippen LogP contribution in [0.1, 0.15) is 18.4 Å². The Balaban J connectivity index is 2.49. The lowest BCUT2D eigenvalue weighted by atomic mass is 9.96. The van der Waals surface area contributed by atoms with Crippen LogP contribution in [0.15, 0.2) is 12.1 Å². The molecule has 0 aliphatic heterocycles. The second-order valence-electron chi connectivity index (χ2n) is 3.86. The lowest BCUT2D eigenvalue weighted by molar-refractivity contribution is -0.140. The summed E-state index contributed by atoms with van der Waals surface area (Å²) in [5, 5.41) is 8.99. The highest BCUT2D eigenvalue weighted by Crippen LogP contribution is 2.49. The summed E-state index contributed by atoms with van der Waals surface area (Å²) in [5.74, 6) is -3.27. The molecule has 1 aromatic rings. The van der Waals surface area contributed by atoms with E-state index in [0.29, 0.717) is 12.8 Å². The van der Waals surface area contributed by atoms with Crippen LogP contribution < -0.4 is 4.74 Å². The van der Waals surface area contributed by atoms with Crippen LogP contribution in [0.2, 0.25) is 0 Å². The van der Waals surface area contributed by atoms with Crippen LogP contribution in [0.5, 0.6) is 5.75 Å². The molecule has 0 saturated heterocycles. The van der Waals surface area contributed by atoms with E-state index in [-0.39, 0.29) is 5.56 Å². The number of carboxylic acid groups (broad SMARTS) is 1. The molecule has 0 spiro atoms. The molecule has 0 heterocycles. The van der Waals surface area contributed by atoms with Crippen molar-refractivity contribution in [1.82, 2.24) is 0 Å². The highest BCUT2D eigenvalue weighted by atomic mass is 19.1. The molecule has 1 N–H and O–H groups in total. The predicted octanol–water partition coefficient (Wildman–Crippen LogP) is 2.09. The molecule has 0 unspecified atom stereocenters. The van der Waals surface area contributed by atoms with Crippen LogP contribution in [0.4, 0.5) is 8.78 Å². The van der Waals surface area contributed by atoms with Gasteiger partial charge in [-0.15, -0.1) is 0 Å². The van der Waals surface area contributed by atoms with E-state index in [2.05, 4.69) is 4.74 Å². The Hall–Kier alpha value is -1.65. The molecule has 1 fully saturated rings. The van der Waals surface area contributed by atoms with Gasteiger partial charge in [0.1, 0.15) is 0 Å². The van der Waals surface area contributed by atoms with E-state index in [4.69, 9.17) is 5.11 Å². The SMILES string of the molecule is COc1c(F)cc(C2(C(=O)O)CC2)cc1F.